The molecule has 0 aliphatic carbocycles. The average Bonchev–Trinajstić information content (AvgIpc) is 2.43. The Morgan fingerprint density at radius 1 is 1.19 bits per heavy atom. The van der Waals surface area contributed by atoms with Crippen LogP contribution >= 0.6 is 22.6 Å². The number of hydrogen-bond acceptors (Lipinski definition) is 2. The third-order valence-corrected chi connectivity index (χ3v) is 3.41. The van der Waals surface area contributed by atoms with E-state index in [0.717, 1.165) is 20.3 Å². The fourth-order valence-electron chi connectivity index (χ4n) is 1.93. The maximum atomic E-state index is 11.9. The van der Waals surface area contributed by atoms with Gasteiger partial charge in [0.15, 0.2) is 0 Å². The number of anilines is 1. The summed E-state index contributed by atoms with van der Waals surface area (Å²) in [6, 6.07) is 4.12. The van der Waals surface area contributed by atoms with Crippen molar-refractivity contribution in [3.8, 4) is 0 Å². The van der Waals surface area contributed by atoms with Gasteiger partial charge in [0.25, 0.3) is 0 Å². The van der Waals surface area contributed by atoms with Crippen molar-refractivity contribution in [1.82, 2.24) is 9.13 Å². The Bertz CT molecular complexity index is 610. The van der Waals surface area contributed by atoms with E-state index in [0.29, 0.717) is 0 Å². The second-order valence-corrected chi connectivity index (χ2v) is 5.33. The van der Waals surface area contributed by atoms with Crippen LogP contribution in [0, 0.1) is 3.57 Å². The molecule has 16 heavy (non-hydrogen) atoms. The number of rotatable bonds is 1. The smallest absolute Gasteiger partial charge is 0.328 e. The van der Waals surface area contributed by atoms with Crippen LogP contribution in [-0.4, -0.2) is 23.2 Å². The van der Waals surface area contributed by atoms with Gasteiger partial charge in [-0.05, 0) is 34.7 Å². The largest absolute Gasteiger partial charge is 0.376 e. The van der Waals surface area contributed by atoms with Gasteiger partial charge in [-0.15, -0.1) is 0 Å². The zero-order valence-electron chi connectivity index (χ0n) is 9.78. The second kappa shape index (κ2) is 3.80. The summed E-state index contributed by atoms with van der Waals surface area (Å²) in [6.07, 6.45) is 0. The topological polar surface area (TPSA) is 30.2 Å². The van der Waals surface area contributed by atoms with Crippen molar-refractivity contribution in [3.63, 3.8) is 0 Å². The first-order valence-electron chi connectivity index (χ1n) is 4.95. The summed E-state index contributed by atoms with van der Waals surface area (Å²) in [4.78, 5) is 13.9. The SMILES string of the molecule is CN(C)c1cc(I)cc2c1n(C)c(=O)n2C. The maximum Gasteiger partial charge on any atom is 0.328 e. The Labute approximate surface area is 108 Å². The van der Waals surface area contributed by atoms with Gasteiger partial charge in [0.05, 0.1) is 16.7 Å². The zero-order valence-corrected chi connectivity index (χ0v) is 11.9. The number of benzene rings is 1. The minimum Gasteiger partial charge on any atom is -0.376 e. The number of fused-ring (bicyclic) bond motifs is 1. The minimum atomic E-state index is 0.0140. The fraction of sp³-hybridized carbons (Fsp3) is 0.364. The van der Waals surface area contributed by atoms with Crippen LogP contribution in [0.5, 0.6) is 0 Å². The Kier molecular flexibility index (Phi) is 2.73. The molecule has 0 spiro atoms. The van der Waals surface area contributed by atoms with Crippen LogP contribution in [0.4, 0.5) is 5.69 Å². The summed E-state index contributed by atoms with van der Waals surface area (Å²) in [5.41, 5.74) is 3.04. The normalized spacial score (nSPS) is 11.1. The molecular weight excluding hydrogens is 317 g/mol. The summed E-state index contributed by atoms with van der Waals surface area (Å²) >= 11 is 2.27. The van der Waals surface area contributed by atoms with E-state index in [1.165, 1.54) is 0 Å². The first kappa shape index (κ1) is 11.5. The summed E-state index contributed by atoms with van der Waals surface area (Å²) in [6.45, 7) is 0. The van der Waals surface area contributed by atoms with Gasteiger partial charge in [-0.1, -0.05) is 0 Å². The molecule has 0 atom stereocenters. The van der Waals surface area contributed by atoms with E-state index in [1.54, 1.807) is 16.2 Å². The Hall–Kier alpha value is -0.980. The molecule has 5 heteroatoms. The molecule has 1 aromatic carbocycles. The summed E-state index contributed by atoms with van der Waals surface area (Å²) in [5, 5.41) is 0. The molecule has 0 radical (unpaired) electrons. The van der Waals surface area contributed by atoms with E-state index in [2.05, 4.69) is 28.7 Å². The highest BCUT2D eigenvalue weighted by atomic mass is 127. The molecule has 0 bridgehead atoms. The van der Waals surface area contributed by atoms with Crippen LogP contribution in [-0.2, 0) is 14.1 Å². The van der Waals surface area contributed by atoms with E-state index in [-0.39, 0.29) is 5.69 Å². The Morgan fingerprint density at radius 2 is 1.81 bits per heavy atom. The monoisotopic (exact) mass is 331 g/mol. The van der Waals surface area contributed by atoms with Crippen molar-refractivity contribution in [2.75, 3.05) is 19.0 Å². The van der Waals surface area contributed by atoms with Crippen LogP contribution in [0.3, 0.4) is 0 Å². The van der Waals surface area contributed by atoms with Gasteiger partial charge < -0.3 is 4.90 Å². The molecule has 0 fully saturated rings. The van der Waals surface area contributed by atoms with E-state index in [4.69, 9.17) is 0 Å². The molecule has 0 unspecified atom stereocenters. The number of imidazole rings is 1. The minimum absolute atomic E-state index is 0.0140. The third kappa shape index (κ3) is 1.53. The summed E-state index contributed by atoms with van der Waals surface area (Å²) in [7, 11) is 7.59. The maximum absolute atomic E-state index is 11.9. The fourth-order valence-corrected chi connectivity index (χ4v) is 2.52. The van der Waals surface area contributed by atoms with Crippen molar-refractivity contribution in [1.29, 1.82) is 0 Å². The second-order valence-electron chi connectivity index (χ2n) is 4.09. The summed E-state index contributed by atoms with van der Waals surface area (Å²) < 4.78 is 4.51. The molecule has 0 N–H and O–H groups in total. The third-order valence-electron chi connectivity index (χ3n) is 2.79. The number of nitrogens with zero attached hydrogens (tertiary/aromatic N) is 3. The quantitative estimate of drug-likeness (QED) is 0.743. The first-order chi connectivity index (χ1) is 7.43. The highest BCUT2D eigenvalue weighted by Crippen LogP contribution is 2.26. The number of aromatic nitrogens is 2. The molecule has 1 heterocycles. The summed E-state index contributed by atoms with van der Waals surface area (Å²) in [5.74, 6) is 0. The van der Waals surface area contributed by atoms with E-state index < -0.39 is 0 Å². The highest BCUT2D eigenvalue weighted by Gasteiger charge is 2.13. The number of hydrogen-bond donors (Lipinski definition) is 0. The van der Waals surface area contributed by atoms with Gasteiger partial charge in [0.1, 0.15) is 0 Å². The first-order valence-corrected chi connectivity index (χ1v) is 6.03. The van der Waals surface area contributed by atoms with Gasteiger partial charge in [-0.2, -0.15) is 0 Å². The van der Waals surface area contributed by atoms with E-state index in [1.807, 2.05) is 32.1 Å². The van der Waals surface area contributed by atoms with Crippen molar-refractivity contribution in [2.45, 2.75) is 0 Å². The van der Waals surface area contributed by atoms with Crippen molar-refractivity contribution < 1.29 is 0 Å². The predicted octanol–water partition coefficient (Wildman–Crippen LogP) is 1.55. The molecule has 2 aromatic rings. The van der Waals surface area contributed by atoms with Crippen LogP contribution in [0.1, 0.15) is 0 Å². The average molecular weight is 331 g/mol. The Morgan fingerprint density at radius 3 is 2.38 bits per heavy atom. The van der Waals surface area contributed by atoms with Gasteiger partial charge in [-0.25, -0.2) is 4.79 Å². The Balaban J connectivity index is 3.02. The van der Waals surface area contributed by atoms with Gasteiger partial charge in [0, 0.05) is 31.8 Å². The molecule has 86 valence electrons. The lowest BCUT2D eigenvalue weighted by Gasteiger charge is -2.15. The molecule has 0 aliphatic heterocycles. The predicted molar refractivity (Wildman–Crippen MR) is 75.2 cm³/mol. The van der Waals surface area contributed by atoms with Crippen LogP contribution in [0.2, 0.25) is 0 Å². The molecule has 4 nitrogen and oxygen atoms in total. The van der Waals surface area contributed by atoms with E-state index >= 15 is 0 Å². The lowest BCUT2D eigenvalue weighted by Crippen LogP contribution is -2.19. The number of aryl methyl sites for hydroxylation is 2. The van der Waals surface area contributed by atoms with Crippen LogP contribution < -0.4 is 10.6 Å². The lowest BCUT2D eigenvalue weighted by molar-refractivity contribution is 0.794. The van der Waals surface area contributed by atoms with Crippen molar-refractivity contribution >= 4 is 39.3 Å². The van der Waals surface area contributed by atoms with Crippen molar-refractivity contribution in [3.05, 3.63) is 26.2 Å². The molecular formula is C11H14IN3O. The van der Waals surface area contributed by atoms with Gasteiger partial charge in [-0.3, -0.25) is 9.13 Å². The number of halogens is 1. The molecule has 0 saturated heterocycles. The standard InChI is InChI=1S/C11H14IN3O/c1-13(2)8-5-7(12)6-9-10(8)15(4)11(16)14(9)3/h5-6H,1-4H3. The molecule has 1 aromatic heterocycles. The van der Waals surface area contributed by atoms with Gasteiger partial charge >= 0.3 is 5.69 Å². The van der Waals surface area contributed by atoms with Gasteiger partial charge in [0.2, 0.25) is 0 Å². The highest BCUT2D eigenvalue weighted by molar-refractivity contribution is 14.1. The van der Waals surface area contributed by atoms with E-state index in [9.17, 15) is 4.79 Å². The molecule has 0 amide bonds. The lowest BCUT2D eigenvalue weighted by atomic mass is 10.2. The molecule has 0 saturated carbocycles. The van der Waals surface area contributed by atoms with Crippen molar-refractivity contribution in [2.24, 2.45) is 14.1 Å². The van der Waals surface area contributed by atoms with Crippen LogP contribution in [0.15, 0.2) is 16.9 Å². The molecule has 0 aliphatic rings. The van der Waals surface area contributed by atoms with Crippen LogP contribution in [0.25, 0.3) is 11.0 Å². The molecule has 2 rings (SSSR count). The zero-order chi connectivity index (χ0) is 12.0.